The maximum absolute atomic E-state index is 12.4. The lowest BCUT2D eigenvalue weighted by atomic mass is 10.0. The average molecular weight is 571 g/mol. The van der Waals surface area contributed by atoms with Crippen molar-refractivity contribution >= 4 is 17.9 Å². The quantitative estimate of drug-likeness (QED) is 0.218. The normalized spacial score (nSPS) is 11.8. The molecule has 0 radical (unpaired) electrons. The molecule has 9 nitrogen and oxygen atoms in total. The van der Waals surface area contributed by atoms with Crippen molar-refractivity contribution in [1.29, 1.82) is 5.26 Å². The van der Waals surface area contributed by atoms with E-state index in [9.17, 15) is 14.4 Å². The first-order valence-corrected chi connectivity index (χ1v) is 14.1. The Bertz CT molecular complexity index is 1320. The monoisotopic (exact) mass is 570 g/mol. The Morgan fingerprint density at radius 1 is 0.762 bits per heavy atom. The molecule has 0 heterocycles. The second-order valence-corrected chi connectivity index (χ2v) is 9.93. The van der Waals surface area contributed by atoms with Gasteiger partial charge in [0.2, 0.25) is 11.8 Å². The molecule has 0 aliphatic carbocycles. The molecule has 0 fully saturated rings. The number of amides is 3. The zero-order valence-electron chi connectivity index (χ0n) is 24.1. The minimum absolute atomic E-state index is 0.0999. The van der Waals surface area contributed by atoms with Gasteiger partial charge in [-0.05, 0) is 67.6 Å². The van der Waals surface area contributed by atoms with E-state index in [1.165, 1.54) is 6.92 Å². The van der Waals surface area contributed by atoms with Crippen molar-refractivity contribution in [3.05, 3.63) is 90.0 Å². The molecule has 3 aromatic carbocycles. The van der Waals surface area contributed by atoms with Gasteiger partial charge in [-0.25, -0.2) is 4.79 Å². The first kappa shape index (κ1) is 31.7. The standard InChI is InChI=1S/C33H38N4O5/c1-24(36-32(39)25(2)37-33(40)42-23-27-10-6-5-7-11-27)31(38)35-20-8-3-4-9-21-41-30-18-16-29(17-19-30)28-14-12-26(22-34)13-15-28/h5-7,10-19,24-25H,3-4,8-9,20-21,23H2,1-2H3,(H,35,38)(H,36,39)(H,37,40). The van der Waals surface area contributed by atoms with Gasteiger partial charge in [0.05, 0.1) is 18.2 Å². The van der Waals surface area contributed by atoms with Crippen molar-refractivity contribution in [3.8, 4) is 22.9 Å². The van der Waals surface area contributed by atoms with E-state index in [4.69, 9.17) is 14.7 Å². The van der Waals surface area contributed by atoms with Gasteiger partial charge in [0.1, 0.15) is 24.4 Å². The van der Waals surface area contributed by atoms with Gasteiger partial charge in [0.15, 0.2) is 0 Å². The molecule has 0 saturated carbocycles. The van der Waals surface area contributed by atoms with E-state index in [1.54, 1.807) is 19.1 Å². The summed E-state index contributed by atoms with van der Waals surface area (Å²) in [4.78, 5) is 36.7. The first-order valence-electron chi connectivity index (χ1n) is 14.1. The van der Waals surface area contributed by atoms with Crippen LogP contribution in [-0.4, -0.2) is 43.1 Å². The number of benzene rings is 3. The SMILES string of the molecule is CC(NC(=O)OCc1ccccc1)C(=O)NC(C)C(=O)NCCCCCCOc1ccc(-c2ccc(C#N)cc2)cc1. The molecule has 3 rings (SSSR count). The maximum atomic E-state index is 12.4. The molecule has 0 bridgehead atoms. The fourth-order valence-electron chi connectivity index (χ4n) is 4.03. The number of hydrogen-bond donors (Lipinski definition) is 3. The minimum atomic E-state index is -0.855. The van der Waals surface area contributed by atoms with Gasteiger partial charge in [-0.15, -0.1) is 0 Å². The highest BCUT2D eigenvalue weighted by Crippen LogP contribution is 2.23. The topological polar surface area (TPSA) is 130 Å². The van der Waals surface area contributed by atoms with Gasteiger partial charge in [-0.3, -0.25) is 9.59 Å². The van der Waals surface area contributed by atoms with Crippen LogP contribution >= 0.6 is 0 Å². The van der Waals surface area contributed by atoms with E-state index in [1.807, 2.05) is 66.7 Å². The summed E-state index contributed by atoms with van der Waals surface area (Å²) in [7, 11) is 0. The van der Waals surface area contributed by atoms with Gasteiger partial charge in [0.25, 0.3) is 0 Å². The van der Waals surface area contributed by atoms with Crippen LogP contribution in [-0.2, 0) is 20.9 Å². The van der Waals surface area contributed by atoms with Crippen LogP contribution in [0.2, 0.25) is 0 Å². The second-order valence-electron chi connectivity index (χ2n) is 9.93. The summed E-state index contributed by atoms with van der Waals surface area (Å²) in [5, 5.41) is 16.8. The number of nitriles is 1. The summed E-state index contributed by atoms with van der Waals surface area (Å²) in [5.74, 6) is 0.0532. The molecular formula is C33H38N4O5. The maximum Gasteiger partial charge on any atom is 0.408 e. The third-order valence-electron chi connectivity index (χ3n) is 6.53. The fraction of sp³-hybridized carbons (Fsp3) is 0.333. The zero-order valence-corrected chi connectivity index (χ0v) is 24.1. The number of unbranched alkanes of at least 4 members (excludes halogenated alkanes) is 3. The molecule has 0 aromatic heterocycles. The van der Waals surface area contributed by atoms with Crippen LogP contribution in [0, 0.1) is 11.3 Å². The Balaban J connectivity index is 1.22. The Morgan fingerprint density at radius 2 is 1.38 bits per heavy atom. The Labute approximate surface area is 247 Å². The number of alkyl carbamates (subject to hydrolysis) is 1. The molecule has 3 amide bonds. The van der Waals surface area contributed by atoms with Crippen LogP contribution in [0.1, 0.15) is 50.7 Å². The van der Waals surface area contributed by atoms with Gasteiger partial charge in [-0.2, -0.15) is 5.26 Å². The third kappa shape index (κ3) is 11.0. The molecule has 0 saturated heterocycles. The van der Waals surface area contributed by atoms with Gasteiger partial charge >= 0.3 is 6.09 Å². The zero-order chi connectivity index (χ0) is 30.2. The van der Waals surface area contributed by atoms with E-state index in [2.05, 4.69) is 22.0 Å². The first-order chi connectivity index (χ1) is 20.4. The summed E-state index contributed by atoms with van der Waals surface area (Å²) in [6, 6.07) is 25.1. The summed E-state index contributed by atoms with van der Waals surface area (Å²) in [6.45, 7) is 4.35. The number of hydrogen-bond acceptors (Lipinski definition) is 6. The Morgan fingerprint density at radius 3 is 2.05 bits per heavy atom. The predicted molar refractivity (Wildman–Crippen MR) is 160 cm³/mol. The molecule has 2 atom stereocenters. The molecule has 0 aliphatic heterocycles. The van der Waals surface area contributed by atoms with Gasteiger partial charge < -0.3 is 25.4 Å². The average Bonchev–Trinajstić information content (AvgIpc) is 3.02. The molecule has 0 spiro atoms. The van der Waals surface area contributed by atoms with Crippen LogP contribution in [0.25, 0.3) is 11.1 Å². The molecule has 3 aromatic rings. The number of nitrogens with zero attached hydrogens (tertiary/aromatic N) is 1. The Kier molecular flexibility index (Phi) is 12.9. The fourth-order valence-corrected chi connectivity index (χ4v) is 4.03. The van der Waals surface area contributed by atoms with Crippen LogP contribution in [0.4, 0.5) is 4.79 Å². The highest BCUT2D eigenvalue weighted by Gasteiger charge is 2.21. The van der Waals surface area contributed by atoms with Crippen LogP contribution in [0.5, 0.6) is 5.75 Å². The molecule has 220 valence electrons. The van der Waals surface area contributed by atoms with Gasteiger partial charge in [-0.1, -0.05) is 67.4 Å². The van der Waals surface area contributed by atoms with Crippen molar-refractivity contribution in [2.75, 3.05) is 13.2 Å². The molecule has 0 aliphatic rings. The Hall–Kier alpha value is -4.84. The van der Waals surface area contributed by atoms with Crippen molar-refractivity contribution in [3.63, 3.8) is 0 Å². The second kappa shape index (κ2) is 17.1. The molecule has 2 unspecified atom stereocenters. The van der Waals surface area contributed by atoms with E-state index in [0.717, 1.165) is 48.1 Å². The lowest BCUT2D eigenvalue weighted by molar-refractivity contribution is -0.129. The van der Waals surface area contributed by atoms with Crippen molar-refractivity contribution < 1.29 is 23.9 Å². The molecule has 42 heavy (non-hydrogen) atoms. The molecule has 3 N–H and O–H groups in total. The van der Waals surface area contributed by atoms with E-state index < -0.39 is 24.1 Å². The van der Waals surface area contributed by atoms with Crippen molar-refractivity contribution in [2.45, 2.75) is 58.2 Å². The highest BCUT2D eigenvalue weighted by atomic mass is 16.5. The minimum Gasteiger partial charge on any atom is -0.494 e. The van der Waals surface area contributed by atoms with Gasteiger partial charge in [0, 0.05) is 6.54 Å². The lowest BCUT2D eigenvalue weighted by Gasteiger charge is -2.18. The van der Waals surface area contributed by atoms with Crippen molar-refractivity contribution in [1.82, 2.24) is 16.0 Å². The van der Waals surface area contributed by atoms with E-state index in [-0.39, 0.29) is 12.5 Å². The summed E-state index contributed by atoms with van der Waals surface area (Å²) in [6.07, 6.45) is 2.91. The number of carbonyl (C=O) groups is 3. The highest BCUT2D eigenvalue weighted by molar-refractivity contribution is 5.90. The number of rotatable bonds is 15. The van der Waals surface area contributed by atoms with Crippen molar-refractivity contribution in [2.24, 2.45) is 0 Å². The predicted octanol–water partition coefficient (Wildman–Crippen LogP) is 5.10. The van der Waals surface area contributed by atoms with Crippen LogP contribution in [0.3, 0.4) is 0 Å². The van der Waals surface area contributed by atoms with E-state index in [0.29, 0.717) is 18.7 Å². The summed E-state index contributed by atoms with van der Waals surface area (Å²) < 4.78 is 11.0. The number of carbonyl (C=O) groups excluding carboxylic acids is 3. The van der Waals surface area contributed by atoms with E-state index >= 15 is 0 Å². The number of nitrogens with one attached hydrogen (secondary N) is 3. The van der Waals surface area contributed by atoms with Crippen LogP contribution in [0.15, 0.2) is 78.9 Å². The largest absolute Gasteiger partial charge is 0.494 e. The summed E-state index contributed by atoms with van der Waals surface area (Å²) in [5.41, 5.74) is 3.59. The number of ether oxygens (including phenoxy) is 2. The lowest BCUT2D eigenvalue weighted by Crippen LogP contribution is -2.51. The van der Waals surface area contributed by atoms with Crippen LogP contribution < -0.4 is 20.7 Å². The molecular weight excluding hydrogens is 532 g/mol. The molecule has 9 heteroatoms. The summed E-state index contributed by atoms with van der Waals surface area (Å²) >= 11 is 0. The third-order valence-corrected chi connectivity index (χ3v) is 6.53. The smallest absolute Gasteiger partial charge is 0.408 e.